The molecule has 1 aromatic carbocycles. The SMILES string of the molecule is C[C@H](Nc1ccccc1C=O)C(=O)O. The highest BCUT2D eigenvalue weighted by Gasteiger charge is 2.11. The normalized spacial score (nSPS) is 11.8. The van der Waals surface area contributed by atoms with Crippen LogP contribution in [-0.2, 0) is 4.79 Å². The second kappa shape index (κ2) is 4.41. The maximum absolute atomic E-state index is 10.6. The van der Waals surface area contributed by atoms with E-state index >= 15 is 0 Å². The van der Waals surface area contributed by atoms with Crippen molar-refractivity contribution < 1.29 is 14.7 Å². The van der Waals surface area contributed by atoms with E-state index in [-0.39, 0.29) is 0 Å². The molecule has 0 amide bonds. The Hall–Kier alpha value is -1.84. The van der Waals surface area contributed by atoms with Crippen LogP contribution in [0.1, 0.15) is 17.3 Å². The number of benzene rings is 1. The van der Waals surface area contributed by atoms with E-state index in [1.807, 2.05) is 0 Å². The second-order valence-electron chi connectivity index (χ2n) is 2.91. The number of carboxylic acids is 1. The number of carbonyl (C=O) groups excluding carboxylic acids is 1. The number of rotatable bonds is 4. The number of aldehydes is 1. The largest absolute Gasteiger partial charge is 0.480 e. The van der Waals surface area contributed by atoms with Crippen LogP contribution >= 0.6 is 0 Å². The van der Waals surface area contributed by atoms with E-state index in [9.17, 15) is 9.59 Å². The lowest BCUT2D eigenvalue weighted by atomic mass is 10.2. The summed E-state index contributed by atoms with van der Waals surface area (Å²) in [6.07, 6.45) is 0.691. The number of hydrogen-bond donors (Lipinski definition) is 2. The number of para-hydroxylation sites is 1. The standard InChI is InChI=1S/C10H11NO3/c1-7(10(13)14)11-9-5-3-2-4-8(9)6-12/h2-7,11H,1H3,(H,13,14)/t7-/m0/s1. The van der Waals surface area contributed by atoms with Crippen LogP contribution in [0.4, 0.5) is 5.69 Å². The topological polar surface area (TPSA) is 66.4 Å². The van der Waals surface area contributed by atoms with Crippen molar-refractivity contribution in [2.24, 2.45) is 0 Å². The first-order valence-corrected chi connectivity index (χ1v) is 4.18. The van der Waals surface area contributed by atoms with Gasteiger partial charge in [0.15, 0.2) is 6.29 Å². The van der Waals surface area contributed by atoms with E-state index in [4.69, 9.17) is 5.11 Å². The molecule has 2 N–H and O–H groups in total. The van der Waals surface area contributed by atoms with Crippen molar-refractivity contribution in [3.05, 3.63) is 29.8 Å². The van der Waals surface area contributed by atoms with Gasteiger partial charge in [0.2, 0.25) is 0 Å². The molecular weight excluding hydrogens is 182 g/mol. The Morgan fingerprint density at radius 2 is 2.14 bits per heavy atom. The molecule has 0 saturated heterocycles. The maximum Gasteiger partial charge on any atom is 0.325 e. The Bertz CT molecular complexity index is 349. The quantitative estimate of drug-likeness (QED) is 0.709. The summed E-state index contributed by atoms with van der Waals surface area (Å²) in [7, 11) is 0. The van der Waals surface area contributed by atoms with Gasteiger partial charge in [-0.05, 0) is 19.1 Å². The highest BCUT2D eigenvalue weighted by Crippen LogP contribution is 2.13. The summed E-state index contributed by atoms with van der Waals surface area (Å²) in [5.74, 6) is -0.953. The third-order valence-corrected chi connectivity index (χ3v) is 1.83. The summed E-state index contributed by atoms with van der Waals surface area (Å²) in [5, 5.41) is 11.4. The van der Waals surface area contributed by atoms with E-state index < -0.39 is 12.0 Å². The summed E-state index contributed by atoms with van der Waals surface area (Å²) in [6.45, 7) is 1.52. The molecule has 1 aromatic rings. The van der Waals surface area contributed by atoms with Crippen LogP contribution in [-0.4, -0.2) is 23.4 Å². The van der Waals surface area contributed by atoms with Gasteiger partial charge in [-0.3, -0.25) is 9.59 Å². The summed E-state index contributed by atoms with van der Waals surface area (Å²) < 4.78 is 0. The van der Waals surface area contributed by atoms with Crippen molar-refractivity contribution >= 4 is 17.9 Å². The molecule has 74 valence electrons. The number of anilines is 1. The van der Waals surface area contributed by atoms with Crippen LogP contribution in [0.2, 0.25) is 0 Å². The lowest BCUT2D eigenvalue weighted by Crippen LogP contribution is -2.25. The Labute approximate surface area is 81.6 Å². The molecule has 0 aliphatic carbocycles. The van der Waals surface area contributed by atoms with Crippen LogP contribution in [0.25, 0.3) is 0 Å². The molecule has 0 radical (unpaired) electrons. The van der Waals surface area contributed by atoms with Gasteiger partial charge < -0.3 is 10.4 Å². The fraction of sp³-hybridized carbons (Fsp3) is 0.200. The number of aliphatic carboxylic acids is 1. The zero-order chi connectivity index (χ0) is 10.6. The molecule has 0 aliphatic heterocycles. The van der Waals surface area contributed by atoms with Gasteiger partial charge >= 0.3 is 5.97 Å². The molecule has 0 fully saturated rings. The van der Waals surface area contributed by atoms with E-state index in [2.05, 4.69) is 5.32 Å². The third-order valence-electron chi connectivity index (χ3n) is 1.83. The van der Waals surface area contributed by atoms with Crippen LogP contribution in [0.15, 0.2) is 24.3 Å². The van der Waals surface area contributed by atoms with Gasteiger partial charge in [-0.15, -0.1) is 0 Å². The molecule has 0 unspecified atom stereocenters. The van der Waals surface area contributed by atoms with Gasteiger partial charge in [0.1, 0.15) is 6.04 Å². The average Bonchev–Trinajstić information content (AvgIpc) is 2.18. The molecule has 0 heterocycles. The smallest absolute Gasteiger partial charge is 0.325 e. The van der Waals surface area contributed by atoms with E-state index in [1.165, 1.54) is 6.92 Å². The molecule has 4 nitrogen and oxygen atoms in total. The van der Waals surface area contributed by atoms with Crippen LogP contribution in [0.3, 0.4) is 0 Å². The van der Waals surface area contributed by atoms with Crippen molar-refractivity contribution in [1.29, 1.82) is 0 Å². The number of carbonyl (C=O) groups is 2. The first-order chi connectivity index (χ1) is 6.65. The lowest BCUT2D eigenvalue weighted by molar-refractivity contribution is -0.137. The van der Waals surface area contributed by atoms with Crippen molar-refractivity contribution in [2.75, 3.05) is 5.32 Å². The average molecular weight is 193 g/mol. The Balaban J connectivity index is 2.85. The number of hydrogen-bond acceptors (Lipinski definition) is 3. The van der Waals surface area contributed by atoms with Crippen LogP contribution in [0.5, 0.6) is 0 Å². The highest BCUT2D eigenvalue weighted by atomic mass is 16.4. The highest BCUT2D eigenvalue weighted by molar-refractivity contribution is 5.86. The Kier molecular flexibility index (Phi) is 3.23. The minimum Gasteiger partial charge on any atom is -0.480 e. The summed E-state index contributed by atoms with van der Waals surface area (Å²) in [4.78, 5) is 21.1. The van der Waals surface area contributed by atoms with Crippen molar-refractivity contribution in [2.45, 2.75) is 13.0 Å². The molecule has 0 bridgehead atoms. The van der Waals surface area contributed by atoms with Crippen LogP contribution < -0.4 is 5.32 Å². The zero-order valence-corrected chi connectivity index (χ0v) is 7.73. The fourth-order valence-electron chi connectivity index (χ4n) is 1.03. The van der Waals surface area contributed by atoms with Gasteiger partial charge in [0.05, 0.1) is 0 Å². The van der Waals surface area contributed by atoms with Crippen molar-refractivity contribution in [3.63, 3.8) is 0 Å². The second-order valence-corrected chi connectivity index (χ2v) is 2.91. The van der Waals surface area contributed by atoms with Gasteiger partial charge in [0, 0.05) is 11.3 Å². The Morgan fingerprint density at radius 1 is 1.50 bits per heavy atom. The molecule has 14 heavy (non-hydrogen) atoms. The predicted octanol–water partition coefficient (Wildman–Crippen LogP) is 1.38. The third kappa shape index (κ3) is 2.32. The van der Waals surface area contributed by atoms with Gasteiger partial charge in [0.25, 0.3) is 0 Å². The maximum atomic E-state index is 10.6. The fourth-order valence-corrected chi connectivity index (χ4v) is 1.03. The van der Waals surface area contributed by atoms with Gasteiger partial charge in [-0.25, -0.2) is 0 Å². The van der Waals surface area contributed by atoms with Crippen molar-refractivity contribution in [3.8, 4) is 0 Å². The van der Waals surface area contributed by atoms with Gasteiger partial charge in [-0.2, -0.15) is 0 Å². The summed E-state index contributed by atoms with van der Waals surface area (Å²) in [5.41, 5.74) is 0.998. The first-order valence-electron chi connectivity index (χ1n) is 4.18. The number of carboxylic acid groups (broad SMARTS) is 1. The van der Waals surface area contributed by atoms with Gasteiger partial charge in [-0.1, -0.05) is 12.1 Å². The molecular formula is C10H11NO3. The minimum absolute atomic E-state index is 0.459. The molecule has 0 saturated carbocycles. The molecule has 0 aliphatic rings. The molecule has 1 rings (SSSR count). The molecule has 0 aromatic heterocycles. The minimum atomic E-state index is -0.953. The lowest BCUT2D eigenvalue weighted by Gasteiger charge is -2.11. The molecule has 0 spiro atoms. The number of nitrogens with one attached hydrogen (secondary N) is 1. The summed E-state index contributed by atoms with van der Waals surface area (Å²) >= 11 is 0. The summed E-state index contributed by atoms with van der Waals surface area (Å²) in [6, 6.07) is 6.05. The zero-order valence-electron chi connectivity index (χ0n) is 7.73. The Morgan fingerprint density at radius 3 is 2.71 bits per heavy atom. The monoisotopic (exact) mass is 193 g/mol. The van der Waals surface area contributed by atoms with E-state index in [1.54, 1.807) is 24.3 Å². The predicted molar refractivity (Wildman–Crippen MR) is 52.6 cm³/mol. The molecule has 4 heteroatoms. The first kappa shape index (κ1) is 10.2. The van der Waals surface area contributed by atoms with Crippen molar-refractivity contribution in [1.82, 2.24) is 0 Å². The molecule has 1 atom stereocenters. The van der Waals surface area contributed by atoms with Crippen LogP contribution in [0, 0.1) is 0 Å². The van der Waals surface area contributed by atoms with E-state index in [0.717, 1.165) is 0 Å². The van der Waals surface area contributed by atoms with E-state index in [0.29, 0.717) is 17.5 Å².